The van der Waals surface area contributed by atoms with Gasteiger partial charge in [-0.15, -0.1) is 0 Å². The summed E-state index contributed by atoms with van der Waals surface area (Å²) in [5.41, 5.74) is -0.369. The van der Waals surface area contributed by atoms with Crippen molar-refractivity contribution in [3.63, 3.8) is 0 Å². The number of β-lactam (4-membered cyclic amide) rings is 1. The summed E-state index contributed by atoms with van der Waals surface area (Å²) in [6.45, 7) is 6.84. The Kier molecular flexibility index (Phi) is 1.49. The first-order valence-corrected chi connectivity index (χ1v) is 4.48. The van der Waals surface area contributed by atoms with Crippen LogP contribution in [-0.2, 0) is 9.53 Å². The van der Waals surface area contributed by atoms with Crippen LogP contribution in [0.1, 0.15) is 27.2 Å². The molecule has 0 aromatic carbocycles. The van der Waals surface area contributed by atoms with Crippen molar-refractivity contribution in [1.82, 2.24) is 4.90 Å². The van der Waals surface area contributed by atoms with E-state index in [2.05, 4.69) is 6.92 Å². The van der Waals surface area contributed by atoms with Crippen LogP contribution in [0.2, 0.25) is 0 Å². The van der Waals surface area contributed by atoms with Crippen molar-refractivity contribution in [2.45, 2.75) is 39.0 Å². The molecule has 2 rings (SSSR count). The zero-order valence-corrected chi connectivity index (χ0v) is 7.83. The minimum absolute atomic E-state index is 0.233. The van der Waals surface area contributed by atoms with Gasteiger partial charge in [0.15, 0.2) is 0 Å². The molecule has 0 N–H and O–H groups in total. The molecule has 2 fully saturated rings. The third-order valence-electron chi connectivity index (χ3n) is 2.92. The first-order chi connectivity index (χ1) is 5.52. The summed E-state index contributed by atoms with van der Waals surface area (Å²) in [4.78, 5) is 13.1. The van der Waals surface area contributed by atoms with E-state index in [0.717, 1.165) is 6.61 Å². The molecule has 2 atom stereocenters. The van der Waals surface area contributed by atoms with E-state index in [4.69, 9.17) is 4.74 Å². The lowest BCUT2D eigenvalue weighted by Gasteiger charge is -2.56. The van der Waals surface area contributed by atoms with Gasteiger partial charge in [0.1, 0.15) is 5.72 Å². The fourth-order valence-corrected chi connectivity index (χ4v) is 2.11. The van der Waals surface area contributed by atoms with Gasteiger partial charge in [-0.25, -0.2) is 0 Å². The summed E-state index contributed by atoms with van der Waals surface area (Å²) >= 11 is 0. The van der Waals surface area contributed by atoms with Crippen LogP contribution in [0.15, 0.2) is 0 Å². The first-order valence-electron chi connectivity index (χ1n) is 4.48. The van der Waals surface area contributed by atoms with Crippen molar-refractivity contribution in [3.8, 4) is 0 Å². The van der Waals surface area contributed by atoms with Gasteiger partial charge >= 0.3 is 0 Å². The van der Waals surface area contributed by atoms with Crippen molar-refractivity contribution in [2.75, 3.05) is 6.61 Å². The predicted octanol–water partition coefficient (Wildman–Crippen LogP) is 0.990. The van der Waals surface area contributed by atoms with Gasteiger partial charge in [-0.2, -0.15) is 0 Å². The molecular weight excluding hydrogens is 154 g/mol. The summed E-state index contributed by atoms with van der Waals surface area (Å²) in [7, 11) is 0. The standard InChI is InChI=1S/C9H15NO2/c1-6-5-12-9(2,3)10-7(6)4-8(10)11/h6-7H,4-5H2,1-3H3/t6-,7-/m0/s1. The highest BCUT2D eigenvalue weighted by Gasteiger charge is 2.51. The van der Waals surface area contributed by atoms with Crippen LogP contribution in [0.3, 0.4) is 0 Å². The van der Waals surface area contributed by atoms with Crippen molar-refractivity contribution in [2.24, 2.45) is 5.92 Å². The highest BCUT2D eigenvalue weighted by Crippen LogP contribution is 2.38. The molecule has 68 valence electrons. The van der Waals surface area contributed by atoms with Crippen molar-refractivity contribution < 1.29 is 9.53 Å². The van der Waals surface area contributed by atoms with Crippen LogP contribution in [-0.4, -0.2) is 29.2 Å². The van der Waals surface area contributed by atoms with Crippen LogP contribution in [0.4, 0.5) is 0 Å². The van der Waals surface area contributed by atoms with Crippen molar-refractivity contribution >= 4 is 5.91 Å². The van der Waals surface area contributed by atoms with Gasteiger partial charge in [-0.05, 0) is 13.8 Å². The zero-order chi connectivity index (χ0) is 8.93. The molecule has 12 heavy (non-hydrogen) atoms. The number of nitrogens with zero attached hydrogens (tertiary/aromatic N) is 1. The van der Waals surface area contributed by atoms with Gasteiger partial charge in [0.05, 0.1) is 6.61 Å². The summed E-state index contributed by atoms with van der Waals surface area (Å²) in [6.07, 6.45) is 0.716. The Labute approximate surface area is 72.7 Å². The number of amides is 1. The quantitative estimate of drug-likeness (QED) is 0.506. The molecule has 0 spiro atoms. The normalized spacial score (nSPS) is 38.9. The number of fused-ring (bicyclic) bond motifs is 1. The number of hydrogen-bond acceptors (Lipinski definition) is 2. The molecule has 0 unspecified atom stereocenters. The summed E-state index contributed by atoms with van der Waals surface area (Å²) in [5.74, 6) is 0.729. The van der Waals surface area contributed by atoms with E-state index in [0.29, 0.717) is 18.4 Å². The molecule has 3 nitrogen and oxygen atoms in total. The van der Waals surface area contributed by atoms with Gasteiger partial charge in [0.2, 0.25) is 5.91 Å². The maximum atomic E-state index is 11.3. The molecule has 2 heterocycles. The third kappa shape index (κ3) is 0.891. The lowest BCUT2D eigenvalue weighted by atomic mass is 9.86. The predicted molar refractivity (Wildman–Crippen MR) is 44.4 cm³/mol. The fourth-order valence-electron chi connectivity index (χ4n) is 2.11. The average Bonchev–Trinajstić information content (AvgIpc) is 1.92. The molecule has 0 aromatic heterocycles. The minimum Gasteiger partial charge on any atom is -0.356 e. The van der Waals surface area contributed by atoms with E-state index in [1.165, 1.54) is 0 Å². The molecule has 2 saturated heterocycles. The summed E-state index contributed by atoms with van der Waals surface area (Å²) < 4.78 is 5.59. The number of rotatable bonds is 0. The zero-order valence-electron chi connectivity index (χ0n) is 7.83. The van der Waals surface area contributed by atoms with E-state index < -0.39 is 0 Å². The van der Waals surface area contributed by atoms with Crippen LogP contribution in [0.25, 0.3) is 0 Å². The Balaban J connectivity index is 2.20. The van der Waals surface area contributed by atoms with Gasteiger partial charge in [-0.1, -0.05) is 6.92 Å². The number of hydrogen-bond donors (Lipinski definition) is 0. The topological polar surface area (TPSA) is 29.5 Å². The lowest BCUT2D eigenvalue weighted by molar-refractivity contribution is -0.232. The second kappa shape index (κ2) is 2.22. The number of ether oxygens (including phenoxy) is 1. The maximum absolute atomic E-state index is 11.3. The van der Waals surface area contributed by atoms with E-state index in [9.17, 15) is 4.79 Å². The number of carbonyl (C=O) groups excluding carboxylic acids is 1. The second-order valence-corrected chi connectivity index (χ2v) is 4.27. The Bertz CT molecular complexity index is 225. The molecule has 2 aliphatic rings. The molecule has 0 saturated carbocycles. The third-order valence-corrected chi connectivity index (χ3v) is 2.92. The molecule has 3 heteroatoms. The maximum Gasteiger partial charge on any atom is 0.227 e. The average molecular weight is 169 g/mol. The van der Waals surface area contributed by atoms with E-state index >= 15 is 0 Å². The van der Waals surface area contributed by atoms with Gasteiger partial charge in [0.25, 0.3) is 0 Å². The first kappa shape index (κ1) is 8.05. The second-order valence-electron chi connectivity index (χ2n) is 4.27. The van der Waals surface area contributed by atoms with E-state index in [1.807, 2.05) is 18.7 Å². The smallest absolute Gasteiger partial charge is 0.227 e. The highest BCUT2D eigenvalue weighted by molar-refractivity contribution is 5.84. The molecule has 1 amide bonds. The Morgan fingerprint density at radius 3 is 2.75 bits per heavy atom. The van der Waals surface area contributed by atoms with E-state index in [1.54, 1.807) is 0 Å². The Hall–Kier alpha value is -0.570. The molecule has 0 radical (unpaired) electrons. The van der Waals surface area contributed by atoms with Gasteiger partial charge in [-0.3, -0.25) is 4.79 Å². The molecule has 0 aliphatic carbocycles. The van der Waals surface area contributed by atoms with Crippen LogP contribution in [0.5, 0.6) is 0 Å². The monoisotopic (exact) mass is 169 g/mol. The number of carbonyl (C=O) groups is 1. The van der Waals surface area contributed by atoms with Crippen LogP contribution < -0.4 is 0 Å². The van der Waals surface area contributed by atoms with Gasteiger partial charge in [0, 0.05) is 18.4 Å². The highest BCUT2D eigenvalue weighted by atomic mass is 16.5. The Morgan fingerprint density at radius 2 is 2.25 bits per heavy atom. The largest absolute Gasteiger partial charge is 0.356 e. The molecular formula is C9H15NO2. The molecule has 0 aromatic rings. The SMILES string of the molecule is C[C@H]1COC(C)(C)N2C(=O)C[C@@H]12. The molecule has 2 aliphatic heterocycles. The molecule has 0 bridgehead atoms. The van der Waals surface area contributed by atoms with Gasteiger partial charge < -0.3 is 9.64 Å². The van der Waals surface area contributed by atoms with Crippen molar-refractivity contribution in [1.29, 1.82) is 0 Å². The van der Waals surface area contributed by atoms with Crippen LogP contribution in [0, 0.1) is 5.92 Å². The summed E-state index contributed by atoms with van der Waals surface area (Å²) in [6, 6.07) is 0.432. The fraction of sp³-hybridized carbons (Fsp3) is 0.889. The Morgan fingerprint density at radius 1 is 1.58 bits per heavy atom. The van der Waals surface area contributed by atoms with Crippen LogP contribution >= 0.6 is 0 Å². The van der Waals surface area contributed by atoms with Crippen molar-refractivity contribution in [3.05, 3.63) is 0 Å². The lowest BCUT2D eigenvalue weighted by Crippen LogP contribution is -2.68. The minimum atomic E-state index is -0.369. The van der Waals surface area contributed by atoms with E-state index in [-0.39, 0.29) is 11.6 Å². The summed E-state index contributed by atoms with van der Waals surface area (Å²) in [5, 5.41) is 0.